The summed E-state index contributed by atoms with van der Waals surface area (Å²) in [7, 11) is 0. The third-order valence-corrected chi connectivity index (χ3v) is 14.0. The average molecular weight is 878 g/mol. The fraction of sp³-hybridized carbons (Fsp3) is 0.134. The maximum Gasteiger partial charge on any atom is 0.0692 e. The second-order valence-corrected chi connectivity index (χ2v) is 18.1. The lowest BCUT2D eigenvalue weighted by Crippen LogP contribution is -2.29. The molecule has 13 rings (SSSR count). The Kier molecular flexibility index (Phi) is 12.5. The second kappa shape index (κ2) is 19.2. The molecule has 0 amide bonds. The summed E-state index contributed by atoms with van der Waals surface area (Å²) in [6.07, 6.45) is 7.95. The van der Waals surface area contributed by atoms with Crippen LogP contribution in [0, 0.1) is 20.8 Å². The van der Waals surface area contributed by atoms with Crippen LogP contribution in [-0.2, 0) is 11.8 Å². The van der Waals surface area contributed by atoms with Gasteiger partial charge < -0.3 is 4.90 Å². The van der Waals surface area contributed by atoms with Crippen molar-refractivity contribution in [2.75, 3.05) is 4.90 Å². The highest BCUT2D eigenvalue weighted by atomic mass is 15.1. The van der Waals surface area contributed by atoms with Gasteiger partial charge in [0.1, 0.15) is 0 Å². The highest BCUT2D eigenvalue weighted by Crippen LogP contribution is 2.68. The van der Waals surface area contributed by atoms with Crippen LogP contribution in [0.25, 0.3) is 38.6 Å². The molecule has 0 heterocycles. The van der Waals surface area contributed by atoms with Crippen molar-refractivity contribution >= 4 is 44.6 Å². The monoisotopic (exact) mass is 877 g/mol. The number of fused-ring (bicyclic) bond motifs is 11. The van der Waals surface area contributed by atoms with E-state index in [0.717, 1.165) is 30.6 Å². The Balaban J connectivity index is 0.000000223. The molecule has 0 bridgehead atoms. The third kappa shape index (κ3) is 7.92. The number of allylic oxidation sites excluding steroid dienone is 6. The zero-order valence-corrected chi connectivity index (χ0v) is 40.0. The first kappa shape index (κ1) is 44.1. The van der Waals surface area contributed by atoms with E-state index in [-0.39, 0.29) is 5.41 Å². The summed E-state index contributed by atoms with van der Waals surface area (Å²) in [6.45, 7) is 10.5. The normalized spacial score (nSPS) is 15.4. The Labute approximate surface area is 404 Å². The summed E-state index contributed by atoms with van der Waals surface area (Å²) in [5, 5.41) is 2.68. The molecule has 4 aliphatic rings. The highest BCUT2D eigenvalue weighted by molar-refractivity contribution is 6.13. The van der Waals surface area contributed by atoms with Crippen LogP contribution in [0.5, 0.6) is 0 Å². The van der Waals surface area contributed by atoms with Crippen molar-refractivity contribution in [3.8, 4) is 11.1 Å². The van der Waals surface area contributed by atoms with Gasteiger partial charge in [-0.3, -0.25) is 0 Å². The van der Waals surface area contributed by atoms with Gasteiger partial charge in [0.05, 0.1) is 5.41 Å². The van der Waals surface area contributed by atoms with Gasteiger partial charge in [-0.2, -0.15) is 0 Å². The molecular formula is C67H59N. The van der Waals surface area contributed by atoms with E-state index in [9.17, 15) is 0 Å². The maximum atomic E-state index is 2.53. The van der Waals surface area contributed by atoms with E-state index in [4.69, 9.17) is 0 Å². The Morgan fingerprint density at radius 2 is 1.06 bits per heavy atom. The van der Waals surface area contributed by atoms with Gasteiger partial charge in [0.15, 0.2) is 0 Å². The van der Waals surface area contributed by atoms with Gasteiger partial charge in [-0.25, -0.2) is 0 Å². The Bertz CT molecular complexity index is 3330. The summed E-state index contributed by atoms with van der Waals surface area (Å²) in [5.41, 5.74) is 24.3. The van der Waals surface area contributed by atoms with Crippen molar-refractivity contribution in [3.05, 3.63) is 286 Å². The van der Waals surface area contributed by atoms with Crippen LogP contribution in [0.3, 0.4) is 0 Å². The predicted molar refractivity (Wildman–Crippen MR) is 292 cm³/mol. The highest BCUT2D eigenvalue weighted by Gasteiger charge is 2.56. The minimum Gasteiger partial charge on any atom is -0.310 e. The summed E-state index contributed by atoms with van der Waals surface area (Å²) in [5.74, 6) is 0. The molecule has 1 nitrogen and oxygen atoms in total. The van der Waals surface area contributed by atoms with Crippen LogP contribution >= 0.6 is 0 Å². The number of aryl methyl sites for hydroxylation is 3. The molecule has 0 saturated heterocycles. The van der Waals surface area contributed by atoms with E-state index < -0.39 is 0 Å². The minimum atomic E-state index is -0.297. The maximum absolute atomic E-state index is 2.53. The van der Waals surface area contributed by atoms with E-state index >= 15 is 0 Å². The molecule has 0 N–H and O–H groups in total. The number of hydrogen-bond donors (Lipinski definition) is 0. The summed E-state index contributed by atoms with van der Waals surface area (Å²) >= 11 is 0. The van der Waals surface area contributed by atoms with E-state index in [1.165, 1.54) is 94.4 Å². The standard InChI is InChI=1S/C47H35N.C11H10.C7H8.C2H6/c1-31-20-26-41-42-29-34-14-8-9-17-38(34)46(42)47(44(41)28-31)43-19-11-10-18-39(43)40-27-25-37(30-45(40)47)48(35-15-6-3-7-16-35)36-23-21-33(22-24-36)32-12-4-2-5-13-32;1-9-5-4-7-10-6-2-3-8-11(9)10;1-7-5-3-2-4-6-7;1-2/h2-10,12-18,20-28,30H,11,19,29H2,1H3;2-8H,1H3;2-6H,1H3;1-2H3. The summed E-state index contributed by atoms with van der Waals surface area (Å²) < 4.78 is 0. The Morgan fingerprint density at radius 1 is 0.456 bits per heavy atom. The van der Waals surface area contributed by atoms with Crippen LogP contribution in [0.15, 0.2) is 236 Å². The van der Waals surface area contributed by atoms with Gasteiger partial charge in [-0.1, -0.05) is 219 Å². The van der Waals surface area contributed by atoms with Gasteiger partial charge in [0.25, 0.3) is 0 Å². The minimum absolute atomic E-state index is 0.297. The topological polar surface area (TPSA) is 3.24 Å². The molecule has 332 valence electrons. The number of para-hydroxylation sites is 1. The molecule has 68 heavy (non-hydrogen) atoms. The zero-order valence-electron chi connectivity index (χ0n) is 40.0. The lowest BCUT2D eigenvalue weighted by atomic mass is 9.65. The molecule has 1 atom stereocenters. The van der Waals surface area contributed by atoms with Gasteiger partial charge in [-0.15, -0.1) is 0 Å². The first-order valence-corrected chi connectivity index (χ1v) is 24.4. The van der Waals surface area contributed by atoms with E-state index in [1.54, 1.807) is 5.57 Å². The number of hydrogen-bond acceptors (Lipinski definition) is 1. The smallest absolute Gasteiger partial charge is 0.0692 e. The Morgan fingerprint density at radius 3 is 1.79 bits per heavy atom. The van der Waals surface area contributed by atoms with Crippen LogP contribution in [-0.4, -0.2) is 0 Å². The van der Waals surface area contributed by atoms with E-state index in [0.29, 0.717) is 0 Å². The fourth-order valence-corrected chi connectivity index (χ4v) is 11.0. The first-order chi connectivity index (χ1) is 33.5. The van der Waals surface area contributed by atoms with Crippen LogP contribution in [0.1, 0.15) is 76.8 Å². The van der Waals surface area contributed by atoms with Crippen molar-refractivity contribution < 1.29 is 0 Å². The number of rotatable bonds is 4. The molecule has 1 heteroatoms. The average Bonchev–Trinajstić information content (AvgIpc) is 4.02. The summed E-state index contributed by atoms with van der Waals surface area (Å²) in [4.78, 5) is 2.43. The lowest BCUT2D eigenvalue weighted by molar-refractivity contribution is 0.748. The lowest BCUT2D eigenvalue weighted by Gasteiger charge is -2.36. The molecule has 9 aromatic carbocycles. The van der Waals surface area contributed by atoms with Crippen LogP contribution in [0.4, 0.5) is 17.1 Å². The quantitative estimate of drug-likeness (QED) is 0.170. The van der Waals surface area contributed by atoms with Crippen molar-refractivity contribution in [2.24, 2.45) is 0 Å². The van der Waals surface area contributed by atoms with Gasteiger partial charge in [0, 0.05) is 17.1 Å². The van der Waals surface area contributed by atoms with Crippen molar-refractivity contribution in [1.29, 1.82) is 0 Å². The molecule has 0 aromatic heterocycles. The summed E-state index contributed by atoms with van der Waals surface area (Å²) in [6, 6.07) is 79.3. The molecule has 1 unspecified atom stereocenters. The van der Waals surface area contributed by atoms with E-state index in [1.807, 2.05) is 32.0 Å². The second-order valence-electron chi connectivity index (χ2n) is 18.1. The van der Waals surface area contributed by atoms with Gasteiger partial charge >= 0.3 is 0 Å². The van der Waals surface area contributed by atoms with Crippen molar-refractivity contribution in [2.45, 2.75) is 59.3 Å². The van der Waals surface area contributed by atoms with Crippen LogP contribution < -0.4 is 4.90 Å². The molecule has 4 aliphatic carbocycles. The number of anilines is 3. The third-order valence-electron chi connectivity index (χ3n) is 14.0. The largest absolute Gasteiger partial charge is 0.310 e. The van der Waals surface area contributed by atoms with Crippen molar-refractivity contribution in [1.82, 2.24) is 0 Å². The molecule has 0 fully saturated rings. The first-order valence-electron chi connectivity index (χ1n) is 24.4. The van der Waals surface area contributed by atoms with Crippen molar-refractivity contribution in [3.63, 3.8) is 0 Å². The van der Waals surface area contributed by atoms with Gasteiger partial charge in [-0.05, 0) is 160 Å². The number of benzene rings is 9. The zero-order chi connectivity index (χ0) is 46.6. The Hall–Kier alpha value is -7.74. The molecular weight excluding hydrogens is 819 g/mol. The molecule has 1 spiro atoms. The van der Waals surface area contributed by atoms with Crippen LogP contribution in [0.2, 0.25) is 0 Å². The predicted octanol–water partition coefficient (Wildman–Crippen LogP) is 18.2. The molecule has 0 saturated carbocycles. The van der Waals surface area contributed by atoms with E-state index in [2.05, 4.69) is 238 Å². The SMILES string of the molecule is CC.Cc1ccc2c(c1)C1(C3=C(C=CCC3)c3ccc(N(c4ccccc4)c4ccc(-c5ccccc5)cc4)cc31)C1=C2Cc2ccccc21.Cc1cccc2ccccc12.Cc1ccccc1. The van der Waals surface area contributed by atoms with Gasteiger partial charge in [0.2, 0.25) is 0 Å². The molecule has 0 aliphatic heterocycles. The fourth-order valence-electron chi connectivity index (χ4n) is 11.0. The molecule has 9 aromatic rings. The molecule has 0 radical (unpaired) electrons. The number of nitrogens with zero attached hydrogens (tertiary/aromatic N) is 1.